The molecule has 2 unspecified atom stereocenters. The minimum atomic E-state index is 0.120. The van der Waals surface area contributed by atoms with Gasteiger partial charge in [-0.3, -0.25) is 4.79 Å². The van der Waals surface area contributed by atoms with Crippen molar-refractivity contribution in [3.8, 4) is 0 Å². The molecule has 1 aliphatic carbocycles. The molecule has 1 aromatic rings. The zero-order valence-electron chi connectivity index (χ0n) is 11.7. The Hall–Kier alpha value is -1.39. The van der Waals surface area contributed by atoms with E-state index in [2.05, 4.69) is 34.9 Å². The molecule has 3 rings (SSSR count). The van der Waals surface area contributed by atoms with Gasteiger partial charge in [0.2, 0.25) is 5.91 Å². The van der Waals surface area contributed by atoms with E-state index < -0.39 is 0 Å². The Labute approximate surface area is 119 Å². The van der Waals surface area contributed by atoms with Crippen molar-refractivity contribution >= 4 is 5.91 Å². The molecule has 20 heavy (non-hydrogen) atoms. The van der Waals surface area contributed by atoms with E-state index in [0.29, 0.717) is 13.2 Å². The van der Waals surface area contributed by atoms with Crippen LogP contribution in [0.25, 0.3) is 0 Å². The molecule has 1 saturated heterocycles. The van der Waals surface area contributed by atoms with Gasteiger partial charge in [-0.25, -0.2) is 0 Å². The maximum absolute atomic E-state index is 12.3. The quantitative estimate of drug-likeness (QED) is 0.861. The number of morpholine rings is 1. The second kappa shape index (κ2) is 6.37. The van der Waals surface area contributed by atoms with Crippen LogP contribution in [0.4, 0.5) is 0 Å². The van der Waals surface area contributed by atoms with Gasteiger partial charge in [-0.2, -0.15) is 0 Å². The maximum atomic E-state index is 12.3. The Morgan fingerprint density at radius 1 is 1.35 bits per heavy atom. The highest BCUT2D eigenvalue weighted by molar-refractivity contribution is 5.79. The number of rotatable bonds is 3. The fourth-order valence-corrected chi connectivity index (χ4v) is 3.04. The van der Waals surface area contributed by atoms with Crippen molar-refractivity contribution in [2.45, 2.75) is 25.3 Å². The molecule has 1 amide bonds. The Kier molecular flexibility index (Phi) is 4.33. The van der Waals surface area contributed by atoms with Crippen LogP contribution in [-0.2, 0) is 22.4 Å². The third kappa shape index (κ3) is 3.19. The molecule has 0 saturated carbocycles. The summed E-state index contributed by atoms with van der Waals surface area (Å²) in [5.41, 5.74) is 2.73. The topological polar surface area (TPSA) is 50.4 Å². The Bertz CT molecular complexity index is 469. The van der Waals surface area contributed by atoms with Crippen molar-refractivity contribution in [3.05, 3.63) is 35.4 Å². The van der Waals surface area contributed by atoms with Gasteiger partial charge in [0.15, 0.2) is 0 Å². The van der Waals surface area contributed by atoms with Gasteiger partial charge in [-0.15, -0.1) is 0 Å². The number of ether oxygens (including phenoxy) is 1. The van der Waals surface area contributed by atoms with Crippen LogP contribution in [0.5, 0.6) is 0 Å². The average molecular weight is 274 g/mol. The Morgan fingerprint density at radius 3 is 3.00 bits per heavy atom. The third-order valence-corrected chi connectivity index (χ3v) is 4.24. The predicted molar refractivity (Wildman–Crippen MR) is 77.6 cm³/mol. The molecule has 108 valence electrons. The highest BCUT2D eigenvalue weighted by atomic mass is 16.5. The van der Waals surface area contributed by atoms with Gasteiger partial charge in [-0.1, -0.05) is 24.3 Å². The van der Waals surface area contributed by atoms with Crippen molar-refractivity contribution in [3.63, 3.8) is 0 Å². The normalized spacial score (nSPS) is 25.8. The maximum Gasteiger partial charge on any atom is 0.223 e. The number of nitrogens with one attached hydrogen (secondary N) is 2. The van der Waals surface area contributed by atoms with E-state index in [1.807, 2.05) is 0 Å². The summed E-state index contributed by atoms with van der Waals surface area (Å²) in [5.74, 6) is 0.307. The van der Waals surface area contributed by atoms with Crippen LogP contribution in [0, 0.1) is 5.92 Å². The SMILES string of the molecule is O=C(NCC1COCCN1)C1CCc2ccccc2C1. The lowest BCUT2D eigenvalue weighted by Crippen LogP contribution is -2.49. The van der Waals surface area contributed by atoms with Crippen LogP contribution in [0.2, 0.25) is 0 Å². The molecular formula is C16H22N2O2. The number of carbonyl (C=O) groups is 1. The first kappa shape index (κ1) is 13.6. The van der Waals surface area contributed by atoms with Crippen LogP contribution in [0.15, 0.2) is 24.3 Å². The fraction of sp³-hybridized carbons (Fsp3) is 0.562. The van der Waals surface area contributed by atoms with Crippen molar-refractivity contribution < 1.29 is 9.53 Å². The van der Waals surface area contributed by atoms with Crippen molar-refractivity contribution in [1.29, 1.82) is 0 Å². The molecule has 0 spiro atoms. The predicted octanol–water partition coefficient (Wildman–Crippen LogP) is 0.896. The number of aryl methyl sites for hydroxylation is 1. The molecule has 1 heterocycles. The minimum absolute atomic E-state index is 0.120. The van der Waals surface area contributed by atoms with Crippen molar-refractivity contribution in [2.75, 3.05) is 26.3 Å². The summed E-state index contributed by atoms with van der Waals surface area (Å²) in [6, 6.07) is 8.71. The summed E-state index contributed by atoms with van der Waals surface area (Å²) in [6.45, 7) is 2.99. The van der Waals surface area contributed by atoms with E-state index >= 15 is 0 Å². The Balaban J connectivity index is 1.51. The number of benzene rings is 1. The summed E-state index contributed by atoms with van der Waals surface area (Å²) < 4.78 is 5.39. The number of hydrogen-bond acceptors (Lipinski definition) is 3. The van der Waals surface area contributed by atoms with E-state index in [9.17, 15) is 4.79 Å². The molecule has 1 fully saturated rings. The molecule has 2 N–H and O–H groups in total. The molecule has 4 heteroatoms. The van der Waals surface area contributed by atoms with Crippen molar-refractivity contribution in [2.24, 2.45) is 5.92 Å². The van der Waals surface area contributed by atoms with Gasteiger partial charge in [-0.05, 0) is 30.4 Å². The summed E-state index contributed by atoms with van der Waals surface area (Å²) in [6.07, 6.45) is 2.84. The molecule has 1 aliphatic heterocycles. The molecule has 1 aromatic carbocycles. The van der Waals surface area contributed by atoms with E-state index in [0.717, 1.165) is 32.4 Å². The van der Waals surface area contributed by atoms with Gasteiger partial charge in [0.05, 0.1) is 13.2 Å². The van der Waals surface area contributed by atoms with E-state index in [1.165, 1.54) is 11.1 Å². The molecule has 2 aliphatic rings. The van der Waals surface area contributed by atoms with E-state index in [-0.39, 0.29) is 17.9 Å². The monoisotopic (exact) mass is 274 g/mol. The van der Waals surface area contributed by atoms with Gasteiger partial charge in [0.25, 0.3) is 0 Å². The zero-order valence-corrected chi connectivity index (χ0v) is 11.7. The van der Waals surface area contributed by atoms with E-state index in [1.54, 1.807) is 0 Å². The van der Waals surface area contributed by atoms with Crippen LogP contribution in [0.3, 0.4) is 0 Å². The molecule has 4 nitrogen and oxygen atoms in total. The third-order valence-electron chi connectivity index (χ3n) is 4.24. The molecule has 0 radical (unpaired) electrons. The summed E-state index contributed by atoms with van der Waals surface area (Å²) in [5, 5.41) is 6.42. The Morgan fingerprint density at radius 2 is 2.20 bits per heavy atom. The summed E-state index contributed by atoms with van der Waals surface area (Å²) in [7, 11) is 0. The number of fused-ring (bicyclic) bond motifs is 1. The first-order chi connectivity index (χ1) is 9.83. The summed E-state index contributed by atoms with van der Waals surface area (Å²) >= 11 is 0. The second-order valence-corrected chi connectivity index (χ2v) is 5.68. The largest absolute Gasteiger partial charge is 0.378 e. The van der Waals surface area contributed by atoms with Crippen LogP contribution in [0.1, 0.15) is 17.5 Å². The lowest BCUT2D eigenvalue weighted by molar-refractivity contribution is -0.125. The molecular weight excluding hydrogens is 252 g/mol. The average Bonchev–Trinajstić information content (AvgIpc) is 2.53. The first-order valence-corrected chi connectivity index (χ1v) is 7.48. The lowest BCUT2D eigenvalue weighted by Gasteiger charge is -2.27. The number of hydrogen-bond donors (Lipinski definition) is 2. The molecule has 0 bridgehead atoms. The number of carbonyl (C=O) groups excluding carboxylic acids is 1. The van der Waals surface area contributed by atoms with Gasteiger partial charge in [0, 0.05) is 25.0 Å². The van der Waals surface area contributed by atoms with Crippen LogP contribution >= 0.6 is 0 Å². The number of amides is 1. The van der Waals surface area contributed by atoms with Gasteiger partial charge in [0.1, 0.15) is 0 Å². The van der Waals surface area contributed by atoms with Crippen LogP contribution in [-0.4, -0.2) is 38.3 Å². The van der Waals surface area contributed by atoms with E-state index in [4.69, 9.17) is 4.74 Å². The summed E-state index contributed by atoms with van der Waals surface area (Å²) in [4.78, 5) is 12.3. The molecule has 0 aromatic heterocycles. The smallest absolute Gasteiger partial charge is 0.223 e. The fourth-order valence-electron chi connectivity index (χ4n) is 3.04. The highest BCUT2D eigenvalue weighted by Gasteiger charge is 2.25. The van der Waals surface area contributed by atoms with Crippen LogP contribution < -0.4 is 10.6 Å². The molecule has 2 atom stereocenters. The highest BCUT2D eigenvalue weighted by Crippen LogP contribution is 2.25. The van der Waals surface area contributed by atoms with Crippen molar-refractivity contribution in [1.82, 2.24) is 10.6 Å². The van der Waals surface area contributed by atoms with Gasteiger partial charge < -0.3 is 15.4 Å². The lowest BCUT2D eigenvalue weighted by atomic mass is 9.83. The zero-order chi connectivity index (χ0) is 13.8. The minimum Gasteiger partial charge on any atom is -0.378 e. The van der Waals surface area contributed by atoms with Gasteiger partial charge >= 0.3 is 0 Å². The second-order valence-electron chi connectivity index (χ2n) is 5.68. The first-order valence-electron chi connectivity index (χ1n) is 7.48. The standard InChI is InChI=1S/C16H22N2O2/c19-16(18-10-15-11-20-8-7-17-15)14-6-5-12-3-1-2-4-13(12)9-14/h1-4,14-15,17H,5-11H2,(H,18,19).